The number of ether oxygens (including phenoxy) is 3. The van der Waals surface area contributed by atoms with E-state index in [1.54, 1.807) is 39.3 Å². The van der Waals surface area contributed by atoms with E-state index < -0.39 is 5.63 Å². The lowest BCUT2D eigenvalue weighted by Gasteiger charge is -2.22. The molecule has 0 bridgehead atoms. The summed E-state index contributed by atoms with van der Waals surface area (Å²) in [5, 5.41) is 0. The van der Waals surface area contributed by atoms with E-state index in [9.17, 15) is 4.79 Å². The average molecular weight is 274 g/mol. The summed E-state index contributed by atoms with van der Waals surface area (Å²) in [4.78, 5) is 12.1. The molecule has 0 amide bonds. The van der Waals surface area contributed by atoms with Gasteiger partial charge in [-0.1, -0.05) is 0 Å². The molecule has 0 aliphatic carbocycles. The molecule has 1 aliphatic heterocycles. The summed E-state index contributed by atoms with van der Waals surface area (Å²) in [6, 6.07) is 5.28. The van der Waals surface area contributed by atoms with Gasteiger partial charge in [-0.2, -0.15) is 0 Å². The van der Waals surface area contributed by atoms with Crippen LogP contribution in [0.2, 0.25) is 0 Å². The molecule has 1 aromatic carbocycles. The van der Waals surface area contributed by atoms with E-state index in [1.165, 1.54) is 0 Å². The lowest BCUT2D eigenvalue weighted by Crippen LogP contribution is -2.15. The van der Waals surface area contributed by atoms with Crippen LogP contribution in [0.5, 0.6) is 17.2 Å². The molecule has 104 valence electrons. The lowest BCUT2D eigenvalue weighted by atomic mass is 9.97. The summed E-state index contributed by atoms with van der Waals surface area (Å²) in [5.41, 5.74) is 1.54. The Morgan fingerprint density at radius 2 is 1.95 bits per heavy atom. The smallest absolute Gasteiger partial charge is 0.347 e. The molecule has 0 unspecified atom stereocenters. The van der Waals surface area contributed by atoms with E-state index in [2.05, 4.69) is 0 Å². The van der Waals surface area contributed by atoms with Crippen molar-refractivity contribution in [3.05, 3.63) is 39.9 Å². The van der Waals surface area contributed by atoms with Gasteiger partial charge in [0, 0.05) is 23.3 Å². The number of fused-ring (bicyclic) bond motifs is 3. The van der Waals surface area contributed by atoms with Crippen LogP contribution in [0.3, 0.4) is 0 Å². The van der Waals surface area contributed by atoms with E-state index in [0.29, 0.717) is 35.2 Å². The minimum absolute atomic E-state index is 0.346. The van der Waals surface area contributed by atoms with E-state index in [1.807, 2.05) is 0 Å². The first-order valence-electron chi connectivity index (χ1n) is 6.17. The van der Waals surface area contributed by atoms with Crippen molar-refractivity contribution >= 4 is 0 Å². The molecule has 0 spiro atoms. The molecule has 0 radical (unpaired) electrons. The Kier molecular flexibility index (Phi) is 2.89. The van der Waals surface area contributed by atoms with Crippen molar-refractivity contribution in [3.8, 4) is 28.4 Å². The largest absolute Gasteiger partial charge is 0.497 e. The minimum atomic E-state index is -0.420. The van der Waals surface area contributed by atoms with Gasteiger partial charge in [-0.05, 0) is 13.0 Å². The molecule has 1 aromatic heterocycles. The summed E-state index contributed by atoms with van der Waals surface area (Å²) < 4.78 is 21.4. The van der Waals surface area contributed by atoms with Crippen LogP contribution in [0.4, 0.5) is 0 Å². The van der Waals surface area contributed by atoms with Gasteiger partial charge in [0.05, 0.1) is 14.2 Å². The Labute approximate surface area is 115 Å². The fraction of sp³-hybridized carbons (Fsp3) is 0.267. The van der Waals surface area contributed by atoms with Crippen LogP contribution in [-0.2, 0) is 6.61 Å². The second-order valence-corrected chi connectivity index (χ2v) is 4.53. The van der Waals surface area contributed by atoms with Crippen molar-refractivity contribution < 1.29 is 18.6 Å². The third-order valence-corrected chi connectivity index (χ3v) is 3.32. The van der Waals surface area contributed by atoms with Crippen molar-refractivity contribution in [2.24, 2.45) is 0 Å². The second kappa shape index (κ2) is 4.59. The van der Waals surface area contributed by atoms with Crippen molar-refractivity contribution in [1.29, 1.82) is 0 Å². The molecule has 2 heterocycles. The van der Waals surface area contributed by atoms with Gasteiger partial charge in [0.1, 0.15) is 35.2 Å². The van der Waals surface area contributed by atoms with Gasteiger partial charge < -0.3 is 18.6 Å². The quantitative estimate of drug-likeness (QED) is 0.842. The highest BCUT2D eigenvalue weighted by molar-refractivity contribution is 5.77. The van der Waals surface area contributed by atoms with E-state index in [0.717, 1.165) is 11.1 Å². The van der Waals surface area contributed by atoms with E-state index in [4.69, 9.17) is 18.6 Å². The number of hydrogen-bond acceptors (Lipinski definition) is 5. The molecule has 5 nitrogen and oxygen atoms in total. The molecule has 0 N–H and O–H groups in total. The van der Waals surface area contributed by atoms with Gasteiger partial charge in [-0.3, -0.25) is 0 Å². The van der Waals surface area contributed by atoms with Crippen LogP contribution in [0.15, 0.2) is 27.4 Å². The fourth-order valence-corrected chi connectivity index (χ4v) is 2.38. The molecule has 0 saturated carbocycles. The zero-order chi connectivity index (χ0) is 14.3. The van der Waals surface area contributed by atoms with Crippen LogP contribution in [0.1, 0.15) is 11.3 Å². The molecule has 1 aliphatic rings. The monoisotopic (exact) mass is 274 g/mol. The Balaban J connectivity index is 2.33. The zero-order valence-electron chi connectivity index (χ0n) is 11.5. The van der Waals surface area contributed by atoms with Crippen molar-refractivity contribution in [3.63, 3.8) is 0 Å². The molecule has 0 saturated heterocycles. The van der Waals surface area contributed by atoms with Crippen LogP contribution in [0.25, 0.3) is 11.1 Å². The summed E-state index contributed by atoms with van der Waals surface area (Å²) >= 11 is 0. The predicted octanol–water partition coefficient (Wildman–Crippen LogP) is 2.52. The number of aryl methyl sites for hydroxylation is 1. The zero-order valence-corrected chi connectivity index (χ0v) is 11.5. The van der Waals surface area contributed by atoms with Gasteiger partial charge >= 0.3 is 5.63 Å². The van der Waals surface area contributed by atoms with E-state index >= 15 is 0 Å². The summed E-state index contributed by atoms with van der Waals surface area (Å²) in [5.74, 6) is 2.30. The van der Waals surface area contributed by atoms with Gasteiger partial charge in [0.15, 0.2) is 0 Å². The summed E-state index contributed by atoms with van der Waals surface area (Å²) in [6.07, 6.45) is 0. The van der Waals surface area contributed by atoms with Crippen molar-refractivity contribution in [2.75, 3.05) is 14.2 Å². The van der Waals surface area contributed by atoms with Crippen LogP contribution in [0, 0.1) is 6.92 Å². The Hall–Kier alpha value is -2.43. The topological polar surface area (TPSA) is 57.9 Å². The van der Waals surface area contributed by atoms with Crippen LogP contribution >= 0.6 is 0 Å². The molecule has 2 aromatic rings. The van der Waals surface area contributed by atoms with Gasteiger partial charge in [-0.15, -0.1) is 0 Å². The minimum Gasteiger partial charge on any atom is -0.497 e. The Bertz CT molecular complexity index is 730. The highest BCUT2D eigenvalue weighted by Gasteiger charge is 2.25. The van der Waals surface area contributed by atoms with Crippen molar-refractivity contribution in [1.82, 2.24) is 0 Å². The van der Waals surface area contributed by atoms with Crippen LogP contribution < -0.4 is 19.8 Å². The molecular weight excluding hydrogens is 260 g/mol. The maximum absolute atomic E-state index is 12.1. The van der Waals surface area contributed by atoms with Gasteiger partial charge in [0.2, 0.25) is 0 Å². The second-order valence-electron chi connectivity index (χ2n) is 4.53. The maximum Gasteiger partial charge on any atom is 0.347 e. The maximum atomic E-state index is 12.1. The third kappa shape index (κ3) is 1.82. The lowest BCUT2D eigenvalue weighted by molar-refractivity contribution is 0.286. The fourth-order valence-electron chi connectivity index (χ4n) is 2.38. The summed E-state index contributed by atoms with van der Waals surface area (Å²) in [7, 11) is 3.14. The van der Waals surface area contributed by atoms with Gasteiger partial charge in [-0.25, -0.2) is 4.79 Å². The Morgan fingerprint density at radius 3 is 2.65 bits per heavy atom. The molecule has 5 heteroatoms. The third-order valence-electron chi connectivity index (χ3n) is 3.32. The molecule has 3 rings (SSSR count). The van der Waals surface area contributed by atoms with Gasteiger partial charge in [0.25, 0.3) is 0 Å². The van der Waals surface area contributed by atoms with E-state index in [-0.39, 0.29) is 0 Å². The normalized spacial score (nSPS) is 12.2. The first-order valence-corrected chi connectivity index (χ1v) is 6.17. The first kappa shape index (κ1) is 12.6. The van der Waals surface area contributed by atoms with Crippen LogP contribution in [-0.4, -0.2) is 14.2 Å². The predicted molar refractivity (Wildman–Crippen MR) is 72.6 cm³/mol. The highest BCUT2D eigenvalue weighted by atomic mass is 16.5. The Morgan fingerprint density at radius 1 is 1.15 bits per heavy atom. The number of methoxy groups -OCH3 is 2. The standard InChI is InChI=1S/C15H14O5/c1-8-4-13-14(15(16)20-8)10-5-9(17-2)6-12(18-3)11(10)7-19-13/h4-6H,7H2,1-3H3. The van der Waals surface area contributed by atoms with Crippen molar-refractivity contribution in [2.45, 2.75) is 13.5 Å². The molecule has 0 atom stereocenters. The molecule has 20 heavy (non-hydrogen) atoms. The SMILES string of the molecule is COc1cc(OC)c2c(c1)-c1c(cc(C)oc1=O)OC2. The molecule has 0 fully saturated rings. The molecular formula is C15H14O5. The summed E-state index contributed by atoms with van der Waals surface area (Å²) in [6.45, 7) is 2.06. The average Bonchev–Trinajstić information content (AvgIpc) is 2.44. The number of hydrogen-bond donors (Lipinski definition) is 0. The highest BCUT2D eigenvalue weighted by Crippen LogP contribution is 2.41. The first-order chi connectivity index (χ1) is 9.63. The number of benzene rings is 1. The number of rotatable bonds is 2.